The fraction of sp³-hybridized carbons (Fsp3) is 0.706. The first kappa shape index (κ1) is 16.2. The van der Waals surface area contributed by atoms with Crippen LogP contribution in [0.4, 0.5) is 0 Å². The van der Waals surface area contributed by atoms with Crippen molar-refractivity contribution in [2.45, 2.75) is 58.4 Å². The van der Waals surface area contributed by atoms with Crippen LogP contribution in [-0.4, -0.2) is 49.1 Å². The Morgan fingerprint density at radius 1 is 1.32 bits per heavy atom. The molecule has 2 aromatic rings. The van der Waals surface area contributed by atoms with Crippen LogP contribution in [0.5, 0.6) is 0 Å². The standard InChI is InChI=1S/C17H24N6O2/c1-4-13-19-20-16(25-13)17-8-6-7-12(17)9-22(10-17)15(24)14-11(3)18-21-23(14)5-2/h12H,4-10H2,1-3H3/t12-,17-/m0/s1. The molecule has 8 heteroatoms. The van der Waals surface area contributed by atoms with E-state index >= 15 is 0 Å². The number of carbonyl (C=O) groups excluding carboxylic acids is 1. The van der Waals surface area contributed by atoms with Gasteiger partial charge in [-0.25, -0.2) is 4.68 Å². The molecule has 1 saturated heterocycles. The van der Waals surface area contributed by atoms with Crippen LogP contribution in [0.25, 0.3) is 0 Å². The minimum Gasteiger partial charge on any atom is -0.425 e. The van der Waals surface area contributed by atoms with E-state index in [1.165, 1.54) is 0 Å². The lowest BCUT2D eigenvalue weighted by Gasteiger charge is -2.24. The first-order chi connectivity index (χ1) is 12.1. The summed E-state index contributed by atoms with van der Waals surface area (Å²) in [5, 5.41) is 16.6. The molecular weight excluding hydrogens is 320 g/mol. The van der Waals surface area contributed by atoms with Gasteiger partial charge in [-0.3, -0.25) is 4.79 Å². The predicted octanol–water partition coefficient (Wildman–Crippen LogP) is 1.75. The molecule has 0 unspecified atom stereocenters. The van der Waals surface area contributed by atoms with Gasteiger partial charge in [0.2, 0.25) is 11.8 Å². The van der Waals surface area contributed by atoms with Crippen molar-refractivity contribution in [1.82, 2.24) is 30.1 Å². The Morgan fingerprint density at radius 3 is 2.88 bits per heavy atom. The smallest absolute Gasteiger partial charge is 0.274 e. The van der Waals surface area contributed by atoms with E-state index in [1.807, 2.05) is 25.7 Å². The molecule has 1 saturated carbocycles. The number of aromatic nitrogens is 5. The van der Waals surface area contributed by atoms with Gasteiger partial charge in [0.05, 0.1) is 11.1 Å². The highest BCUT2D eigenvalue weighted by Crippen LogP contribution is 2.50. The van der Waals surface area contributed by atoms with Crippen LogP contribution in [0.2, 0.25) is 0 Å². The zero-order chi connectivity index (χ0) is 17.6. The van der Waals surface area contributed by atoms with Gasteiger partial charge in [-0.1, -0.05) is 18.6 Å². The van der Waals surface area contributed by atoms with Crippen LogP contribution in [0.1, 0.15) is 61.1 Å². The third-order valence-corrected chi connectivity index (χ3v) is 5.76. The van der Waals surface area contributed by atoms with Crippen molar-refractivity contribution >= 4 is 5.91 Å². The highest BCUT2D eigenvalue weighted by atomic mass is 16.4. The molecule has 1 amide bonds. The number of likely N-dealkylation sites (tertiary alicyclic amines) is 1. The maximum atomic E-state index is 13.1. The van der Waals surface area contributed by atoms with Gasteiger partial charge in [-0.05, 0) is 32.6 Å². The third kappa shape index (κ3) is 2.38. The molecular formula is C17H24N6O2. The van der Waals surface area contributed by atoms with Gasteiger partial charge in [0.25, 0.3) is 5.91 Å². The van der Waals surface area contributed by atoms with Gasteiger partial charge in [-0.2, -0.15) is 0 Å². The summed E-state index contributed by atoms with van der Waals surface area (Å²) in [5.41, 5.74) is 1.09. The van der Waals surface area contributed by atoms with Crippen molar-refractivity contribution < 1.29 is 9.21 Å². The van der Waals surface area contributed by atoms with Crippen molar-refractivity contribution in [3.63, 3.8) is 0 Å². The van der Waals surface area contributed by atoms with E-state index in [9.17, 15) is 4.79 Å². The Bertz CT molecular complexity index is 797. The van der Waals surface area contributed by atoms with Crippen molar-refractivity contribution in [1.29, 1.82) is 0 Å². The number of hydrogen-bond donors (Lipinski definition) is 0. The zero-order valence-electron chi connectivity index (χ0n) is 15.0. The SMILES string of the molecule is CCc1nnc([C@]23CCC[C@H]2CN(C(=O)c2c(C)nnn2CC)C3)o1. The maximum absolute atomic E-state index is 13.1. The molecule has 0 radical (unpaired) electrons. The second-order valence-corrected chi connectivity index (χ2v) is 7.12. The maximum Gasteiger partial charge on any atom is 0.274 e. The third-order valence-electron chi connectivity index (χ3n) is 5.76. The molecule has 1 aliphatic heterocycles. The summed E-state index contributed by atoms with van der Waals surface area (Å²) in [6.45, 7) is 7.81. The number of aryl methyl sites for hydroxylation is 3. The predicted molar refractivity (Wildman–Crippen MR) is 89.0 cm³/mol. The summed E-state index contributed by atoms with van der Waals surface area (Å²) >= 11 is 0. The Balaban J connectivity index is 1.64. The van der Waals surface area contributed by atoms with E-state index in [2.05, 4.69) is 20.5 Å². The Morgan fingerprint density at radius 2 is 2.16 bits per heavy atom. The first-order valence-corrected chi connectivity index (χ1v) is 9.11. The molecule has 0 aromatic carbocycles. The van der Waals surface area contributed by atoms with E-state index in [1.54, 1.807) is 4.68 Å². The van der Waals surface area contributed by atoms with Crippen LogP contribution in [0, 0.1) is 12.8 Å². The topological polar surface area (TPSA) is 89.9 Å². The molecule has 2 aromatic heterocycles. The summed E-state index contributed by atoms with van der Waals surface area (Å²) < 4.78 is 7.60. The lowest BCUT2D eigenvalue weighted by molar-refractivity contribution is 0.0762. The molecule has 134 valence electrons. The Kier molecular flexibility index (Phi) is 3.85. The Hall–Kier alpha value is -2.25. The lowest BCUT2D eigenvalue weighted by atomic mass is 9.80. The molecule has 0 spiro atoms. The quantitative estimate of drug-likeness (QED) is 0.839. The summed E-state index contributed by atoms with van der Waals surface area (Å²) in [6, 6.07) is 0. The van der Waals surface area contributed by atoms with Gasteiger partial charge in [0.1, 0.15) is 5.69 Å². The fourth-order valence-corrected chi connectivity index (χ4v) is 4.43. The zero-order valence-corrected chi connectivity index (χ0v) is 15.0. The number of hydrogen-bond acceptors (Lipinski definition) is 6. The van der Waals surface area contributed by atoms with Crippen LogP contribution < -0.4 is 0 Å². The van der Waals surface area contributed by atoms with Crippen molar-refractivity contribution in [3.05, 3.63) is 23.2 Å². The van der Waals surface area contributed by atoms with E-state index in [0.29, 0.717) is 42.2 Å². The van der Waals surface area contributed by atoms with Gasteiger partial charge in [0.15, 0.2) is 0 Å². The molecule has 3 heterocycles. The van der Waals surface area contributed by atoms with Crippen LogP contribution in [0.15, 0.2) is 4.42 Å². The van der Waals surface area contributed by atoms with E-state index < -0.39 is 0 Å². The molecule has 4 rings (SSSR count). The highest BCUT2D eigenvalue weighted by Gasteiger charge is 2.55. The van der Waals surface area contributed by atoms with Crippen molar-refractivity contribution in [2.24, 2.45) is 5.92 Å². The summed E-state index contributed by atoms with van der Waals surface area (Å²) in [6.07, 6.45) is 3.97. The average molecular weight is 344 g/mol. The Labute approximate surface area is 146 Å². The van der Waals surface area contributed by atoms with E-state index in [4.69, 9.17) is 4.42 Å². The molecule has 2 fully saturated rings. The molecule has 2 aliphatic rings. The number of fused-ring (bicyclic) bond motifs is 1. The van der Waals surface area contributed by atoms with Gasteiger partial charge in [-0.15, -0.1) is 15.3 Å². The first-order valence-electron chi connectivity index (χ1n) is 9.11. The average Bonchev–Trinajstić information content (AvgIpc) is 3.35. The molecule has 25 heavy (non-hydrogen) atoms. The monoisotopic (exact) mass is 344 g/mol. The van der Waals surface area contributed by atoms with Gasteiger partial charge in [0, 0.05) is 26.1 Å². The summed E-state index contributed by atoms with van der Waals surface area (Å²) in [4.78, 5) is 15.1. The number of carbonyl (C=O) groups is 1. The highest BCUT2D eigenvalue weighted by molar-refractivity contribution is 5.93. The van der Waals surface area contributed by atoms with Gasteiger partial charge < -0.3 is 9.32 Å². The minimum absolute atomic E-state index is 0.00774. The number of rotatable bonds is 4. The minimum atomic E-state index is -0.186. The van der Waals surface area contributed by atoms with E-state index in [0.717, 1.165) is 32.2 Å². The number of nitrogens with zero attached hydrogens (tertiary/aromatic N) is 6. The summed E-state index contributed by atoms with van der Waals surface area (Å²) in [5.74, 6) is 1.77. The largest absolute Gasteiger partial charge is 0.425 e. The van der Waals surface area contributed by atoms with Crippen LogP contribution in [-0.2, 0) is 18.4 Å². The molecule has 0 bridgehead atoms. The lowest BCUT2D eigenvalue weighted by Crippen LogP contribution is -2.36. The van der Waals surface area contributed by atoms with Crippen LogP contribution in [0.3, 0.4) is 0 Å². The van der Waals surface area contributed by atoms with Gasteiger partial charge >= 0.3 is 0 Å². The summed E-state index contributed by atoms with van der Waals surface area (Å²) in [7, 11) is 0. The van der Waals surface area contributed by atoms with Crippen molar-refractivity contribution in [2.75, 3.05) is 13.1 Å². The van der Waals surface area contributed by atoms with E-state index in [-0.39, 0.29) is 11.3 Å². The normalized spacial score (nSPS) is 25.6. The fourth-order valence-electron chi connectivity index (χ4n) is 4.43. The molecule has 2 atom stereocenters. The molecule has 1 aliphatic carbocycles. The van der Waals surface area contributed by atoms with Crippen molar-refractivity contribution in [3.8, 4) is 0 Å². The molecule has 8 nitrogen and oxygen atoms in total. The van der Waals surface area contributed by atoms with Crippen LogP contribution >= 0.6 is 0 Å². The second kappa shape index (κ2) is 5.93. The molecule has 0 N–H and O–H groups in total. The number of amides is 1. The second-order valence-electron chi connectivity index (χ2n) is 7.12.